The molecule has 1 saturated carbocycles. The minimum atomic E-state index is -4.67. The average molecular weight is 393 g/mol. The Bertz CT molecular complexity index is 718. The second-order valence-corrected chi connectivity index (χ2v) is 7.92. The molecule has 1 aromatic rings. The summed E-state index contributed by atoms with van der Waals surface area (Å²) < 4.78 is 40.8. The molecule has 1 saturated heterocycles. The molecule has 0 spiro atoms. The normalized spacial score (nSPS) is 32.0. The van der Waals surface area contributed by atoms with Gasteiger partial charge in [0.25, 0.3) is 0 Å². The minimum Gasteiger partial charge on any atom is -0.388 e. The molecular weight excluding hydrogens is 370 g/mol. The standard InChI is InChI=1S/C14H23N3O8S/c18-12-9(25-10(13(12)19)8-24-26(21,22)23)6-17-7-11(15-16-17)14(20)4-2-1-3-5-14/h7,9-10,12-13,18-20H,1-6,8H2,(H,21,22,23)/t9-,10+,12+,13+/m0/s1. The van der Waals surface area contributed by atoms with Crippen molar-refractivity contribution in [3.8, 4) is 0 Å². The van der Waals surface area contributed by atoms with E-state index in [2.05, 4.69) is 14.5 Å². The predicted molar refractivity (Wildman–Crippen MR) is 85.2 cm³/mol. The maximum Gasteiger partial charge on any atom is 0.397 e. The number of aliphatic hydroxyl groups is 3. The van der Waals surface area contributed by atoms with Gasteiger partial charge in [-0.25, -0.2) is 8.86 Å². The Balaban J connectivity index is 1.62. The van der Waals surface area contributed by atoms with Crippen LogP contribution in [0.1, 0.15) is 37.8 Å². The van der Waals surface area contributed by atoms with Crippen LogP contribution in [-0.2, 0) is 31.5 Å². The van der Waals surface area contributed by atoms with E-state index in [0.717, 1.165) is 19.3 Å². The number of nitrogens with zero attached hydrogens (tertiary/aromatic N) is 3. The van der Waals surface area contributed by atoms with Gasteiger partial charge in [-0.2, -0.15) is 8.42 Å². The molecule has 12 heteroatoms. The van der Waals surface area contributed by atoms with Crippen molar-refractivity contribution in [3.05, 3.63) is 11.9 Å². The third-order valence-electron chi connectivity index (χ3n) is 4.91. The van der Waals surface area contributed by atoms with Gasteiger partial charge in [0.1, 0.15) is 35.7 Å². The van der Waals surface area contributed by atoms with Crippen molar-refractivity contribution in [2.24, 2.45) is 0 Å². The largest absolute Gasteiger partial charge is 0.397 e. The number of aromatic nitrogens is 3. The number of hydrogen-bond donors (Lipinski definition) is 4. The van der Waals surface area contributed by atoms with E-state index in [1.807, 2.05) is 0 Å². The molecule has 0 bridgehead atoms. The molecule has 2 heterocycles. The van der Waals surface area contributed by atoms with E-state index in [1.54, 1.807) is 6.20 Å². The molecule has 4 N–H and O–H groups in total. The lowest BCUT2D eigenvalue weighted by molar-refractivity contribution is -0.0231. The summed E-state index contributed by atoms with van der Waals surface area (Å²) in [5, 5.41) is 38.6. The summed E-state index contributed by atoms with van der Waals surface area (Å²) in [5.74, 6) is 0. The highest BCUT2D eigenvalue weighted by Gasteiger charge is 2.44. The molecule has 1 aromatic heterocycles. The molecular formula is C14H23N3O8S. The molecule has 2 aliphatic rings. The molecule has 26 heavy (non-hydrogen) atoms. The van der Waals surface area contributed by atoms with Gasteiger partial charge in [0.2, 0.25) is 0 Å². The van der Waals surface area contributed by atoms with Gasteiger partial charge in [-0.1, -0.05) is 24.5 Å². The summed E-state index contributed by atoms with van der Waals surface area (Å²) in [6, 6.07) is 0. The summed E-state index contributed by atoms with van der Waals surface area (Å²) >= 11 is 0. The Hall–Kier alpha value is -1.15. The second-order valence-electron chi connectivity index (χ2n) is 6.82. The van der Waals surface area contributed by atoms with Gasteiger partial charge < -0.3 is 20.1 Å². The van der Waals surface area contributed by atoms with Crippen LogP contribution in [0.3, 0.4) is 0 Å². The van der Waals surface area contributed by atoms with Crippen LogP contribution in [0, 0.1) is 0 Å². The summed E-state index contributed by atoms with van der Waals surface area (Å²) in [4.78, 5) is 0. The number of rotatable bonds is 6. The molecule has 2 fully saturated rings. The van der Waals surface area contributed by atoms with Crippen molar-refractivity contribution in [2.75, 3.05) is 6.61 Å². The van der Waals surface area contributed by atoms with Crippen LogP contribution in [0.4, 0.5) is 0 Å². The van der Waals surface area contributed by atoms with Gasteiger partial charge >= 0.3 is 10.4 Å². The fraction of sp³-hybridized carbons (Fsp3) is 0.857. The molecule has 3 rings (SSSR count). The Morgan fingerprint density at radius 3 is 2.54 bits per heavy atom. The van der Waals surface area contributed by atoms with E-state index >= 15 is 0 Å². The Morgan fingerprint density at radius 1 is 1.23 bits per heavy atom. The zero-order valence-electron chi connectivity index (χ0n) is 14.0. The molecule has 1 aliphatic carbocycles. The smallest absolute Gasteiger partial charge is 0.388 e. The second kappa shape index (κ2) is 7.46. The average Bonchev–Trinajstić information content (AvgIpc) is 3.14. The van der Waals surface area contributed by atoms with Crippen LogP contribution in [0.5, 0.6) is 0 Å². The molecule has 0 amide bonds. The van der Waals surface area contributed by atoms with Crippen molar-refractivity contribution in [3.63, 3.8) is 0 Å². The van der Waals surface area contributed by atoms with E-state index in [4.69, 9.17) is 9.29 Å². The summed E-state index contributed by atoms with van der Waals surface area (Å²) in [7, 11) is -4.67. The maximum absolute atomic E-state index is 10.7. The van der Waals surface area contributed by atoms with E-state index in [1.165, 1.54) is 4.68 Å². The van der Waals surface area contributed by atoms with Crippen molar-refractivity contribution in [2.45, 2.75) is 68.7 Å². The van der Waals surface area contributed by atoms with Crippen LogP contribution in [0.15, 0.2) is 6.20 Å². The van der Waals surface area contributed by atoms with E-state index in [-0.39, 0.29) is 6.54 Å². The first kappa shape index (κ1) is 19.6. The summed E-state index contributed by atoms with van der Waals surface area (Å²) in [5.41, 5.74) is -0.548. The van der Waals surface area contributed by atoms with Crippen molar-refractivity contribution >= 4 is 10.4 Å². The van der Waals surface area contributed by atoms with Gasteiger partial charge in [-0.05, 0) is 12.8 Å². The number of aliphatic hydroxyl groups excluding tert-OH is 2. The zero-order valence-corrected chi connectivity index (χ0v) is 14.8. The number of hydrogen-bond acceptors (Lipinski definition) is 9. The molecule has 0 aromatic carbocycles. The first-order chi connectivity index (χ1) is 12.2. The zero-order chi connectivity index (χ0) is 18.9. The molecule has 4 atom stereocenters. The lowest BCUT2D eigenvalue weighted by atomic mass is 9.83. The first-order valence-electron chi connectivity index (χ1n) is 8.44. The van der Waals surface area contributed by atoms with E-state index < -0.39 is 47.0 Å². The van der Waals surface area contributed by atoms with Gasteiger partial charge in [-0.15, -0.1) is 5.10 Å². The summed E-state index contributed by atoms with van der Waals surface area (Å²) in [6.45, 7) is -0.584. The molecule has 0 radical (unpaired) electrons. The SMILES string of the molecule is O=S(=O)(O)OC[C@H]1O[C@@H](Cn2cc(C3(O)CCCCC3)nn2)[C@@H](O)[C@@H]1O. The minimum absolute atomic E-state index is 0.0453. The van der Waals surface area contributed by atoms with Gasteiger partial charge in [0.05, 0.1) is 19.3 Å². The summed E-state index contributed by atoms with van der Waals surface area (Å²) in [6.07, 6.45) is 1.02. The fourth-order valence-electron chi connectivity index (χ4n) is 3.45. The fourth-order valence-corrected chi connectivity index (χ4v) is 3.75. The highest BCUT2D eigenvalue weighted by Crippen LogP contribution is 2.35. The first-order valence-corrected chi connectivity index (χ1v) is 9.81. The third-order valence-corrected chi connectivity index (χ3v) is 5.34. The van der Waals surface area contributed by atoms with E-state index in [0.29, 0.717) is 18.5 Å². The van der Waals surface area contributed by atoms with Crippen molar-refractivity contribution in [1.29, 1.82) is 0 Å². The predicted octanol–water partition coefficient (Wildman–Crippen LogP) is -1.26. The van der Waals surface area contributed by atoms with Crippen LogP contribution in [0.25, 0.3) is 0 Å². The van der Waals surface area contributed by atoms with Crippen LogP contribution in [-0.4, -0.2) is 74.3 Å². The Morgan fingerprint density at radius 2 is 1.88 bits per heavy atom. The quantitative estimate of drug-likeness (QED) is 0.429. The Kier molecular flexibility index (Phi) is 5.63. The lowest BCUT2D eigenvalue weighted by Crippen LogP contribution is -2.35. The molecule has 11 nitrogen and oxygen atoms in total. The maximum atomic E-state index is 10.7. The number of ether oxygens (including phenoxy) is 1. The van der Waals surface area contributed by atoms with Crippen LogP contribution < -0.4 is 0 Å². The van der Waals surface area contributed by atoms with Gasteiger partial charge in [0, 0.05) is 0 Å². The highest BCUT2D eigenvalue weighted by atomic mass is 32.3. The van der Waals surface area contributed by atoms with Crippen molar-refractivity contribution < 1.29 is 37.2 Å². The third kappa shape index (κ3) is 4.39. The van der Waals surface area contributed by atoms with E-state index in [9.17, 15) is 23.7 Å². The lowest BCUT2D eigenvalue weighted by Gasteiger charge is -2.29. The van der Waals surface area contributed by atoms with Crippen LogP contribution in [0.2, 0.25) is 0 Å². The molecule has 1 aliphatic heterocycles. The van der Waals surface area contributed by atoms with Gasteiger partial charge in [-0.3, -0.25) is 4.55 Å². The molecule has 148 valence electrons. The van der Waals surface area contributed by atoms with Gasteiger partial charge in [0.15, 0.2) is 0 Å². The topological polar surface area (TPSA) is 164 Å². The van der Waals surface area contributed by atoms with Crippen molar-refractivity contribution in [1.82, 2.24) is 15.0 Å². The Labute approximate surface area is 150 Å². The monoisotopic (exact) mass is 393 g/mol. The molecule has 0 unspecified atom stereocenters. The highest BCUT2D eigenvalue weighted by molar-refractivity contribution is 7.80. The van der Waals surface area contributed by atoms with Crippen LogP contribution >= 0.6 is 0 Å².